The second-order valence-corrected chi connectivity index (χ2v) is 23.0. The van der Waals surface area contributed by atoms with Gasteiger partial charge in [-0.25, -0.2) is 0 Å². The summed E-state index contributed by atoms with van der Waals surface area (Å²) in [5.41, 5.74) is 29.2. The average molecular weight is 1250 g/mol. The van der Waals surface area contributed by atoms with Crippen LogP contribution in [0.25, 0.3) is 0 Å². The van der Waals surface area contributed by atoms with Crippen molar-refractivity contribution in [2.45, 2.75) is 205 Å². The normalized spacial score (nSPS) is 22.9. The smallest absolute Gasteiger partial charge is 0.391 e. The van der Waals surface area contributed by atoms with Gasteiger partial charge in [0.25, 0.3) is 0 Å². The average Bonchev–Trinajstić information content (AvgIpc) is 3.51. The third-order valence-electron chi connectivity index (χ3n) is 13.4. The quantitative estimate of drug-likeness (QED) is 0.0324. The molecule has 25 N–H and O–H groups in total. The maximum absolute atomic E-state index is 14.4. The highest BCUT2D eigenvalue weighted by atomic mass is 32.3. The molecule has 0 radical (unpaired) electrons. The molecule has 34 heteroatoms. The number of nitrogens with two attached hydrogens (primary N) is 5. The number of aliphatic hydroxyl groups excluding tert-OH is 2. The maximum atomic E-state index is 14.4. The summed E-state index contributed by atoms with van der Waals surface area (Å²) in [7, 11) is -4.67. The maximum Gasteiger partial charge on any atom is 0.394 e. The Morgan fingerprint density at radius 3 is 1.35 bits per heavy atom. The van der Waals surface area contributed by atoms with E-state index in [4.69, 9.17) is 46.2 Å². The molecule has 1 heterocycles. The van der Waals surface area contributed by atoms with Crippen molar-refractivity contribution >= 4 is 75.4 Å². The van der Waals surface area contributed by atoms with E-state index < -0.39 is 161 Å². The van der Waals surface area contributed by atoms with E-state index in [0.29, 0.717) is 12.3 Å². The lowest BCUT2D eigenvalue weighted by molar-refractivity contribution is -0.137. The predicted octanol–water partition coefficient (Wildman–Crippen LogP) is -6.48. The molecule has 11 amide bonds. The Labute approximate surface area is 503 Å². The minimum atomic E-state index is -4.67. The van der Waals surface area contributed by atoms with Crippen molar-refractivity contribution in [1.29, 1.82) is 0 Å². The lowest BCUT2D eigenvalue weighted by atomic mass is 9.99. The van der Waals surface area contributed by atoms with Gasteiger partial charge in [0.05, 0.1) is 12.2 Å². The zero-order chi connectivity index (χ0) is 66.0. The Morgan fingerprint density at radius 1 is 0.547 bits per heavy atom. The van der Waals surface area contributed by atoms with Gasteiger partial charge in [0.15, 0.2) is 0 Å². The molecular weight excluding hydrogens is 1150 g/mol. The van der Waals surface area contributed by atoms with E-state index in [-0.39, 0.29) is 95.9 Å². The van der Waals surface area contributed by atoms with Crippen molar-refractivity contribution in [2.75, 3.05) is 39.3 Å². The fourth-order valence-electron chi connectivity index (χ4n) is 8.60. The first kappa shape index (κ1) is 79.8. The summed E-state index contributed by atoms with van der Waals surface area (Å²) in [6.07, 6.45) is -1.79. The second-order valence-electron chi connectivity index (χ2n) is 22.1. The number of hydrogen-bond acceptors (Lipinski definition) is 20. The molecule has 86 heavy (non-hydrogen) atoms. The lowest BCUT2D eigenvalue weighted by Crippen LogP contribution is -2.62. The highest BCUT2D eigenvalue weighted by Crippen LogP contribution is 2.13. The summed E-state index contributed by atoms with van der Waals surface area (Å²) < 4.78 is 31.6. The van der Waals surface area contributed by atoms with Crippen LogP contribution in [0.1, 0.15) is 132 Å². The van der Waals surface area contributed by atoms with E-state index in [1.807, 2.05) is 6.92 Å². The van der Waals surface area contributed by atoms with Gasteiger partial charge in [0, 0.05) is 13.0 Å². The summed E-state index contributed by atoms with van der Waals surface area (Å²) in [6, 6.07) is -14.5. The highest BCUT2D eigenvalue weighted by molar-refractivity contribution is 7.79. The minimum Gasteiger partial charge on any atom is -0.391 e. The number of hydrogen-bond donors (Lipinski definition) is 20. The molecule has 33 nitrogen and oxygen atoms in total. The fraction of sp³-hybridized carbons (Fsp3) is 0.788. The van der Waals surface area contributed by atoms with Crippen molar-refractivity contribution in [3.63, 3.8) is 0 Å². The van der Waals surface area contributed by atoms with E-state index in [0.717, 1.165) is 12.8 Å². The molecule has 1 rings (SSSR count). The molecule has 496 valence electrons. The van der Waals surface area contributed by atoms with E-state index in [1.165, 1.54) is 13.8 Å². The molecule has 1 saturated heterocycles. The van der Waals surface area contributed by atoms with Crippen LogP contribution in [0.5, 0.6) is 0 Å². The van der Waals surface area contributed by atoms with E-state index in [1.54, 1.807) is 27.7 Å². The van der Waals surface area contributed by atoms with Gasteiger partial charge in [-0.3, -0.25) is 61.8 Å². The Morgan fingerprint density at radius 2 is 0.953 bits per heavy atom. The van der Waals surface area contributed by atoms with Gasteiger partial charge in [-0.15, -0.1) is 0 Å². The van der Waals surface area contributed by atoms with Crippen LogP contribution in [0.4, 0.5) is 0 Å². The standard InChI is InChI=1S/C52H98N16O13.H2O4S/c1-9-29(6)11-10-12-40(71)59-32(13-19-53)47(76)68-42(31(8)70)52(81)64-35(16-22-56)44(73)63-37-18-24-58-51(80)41(30(7)69)67-48(77)36(17-23-57)61-43(72)33(14-20-54)62-49(78)38(25-27(2)3)66-50(79)39(26-28(4)5)65-45(74)34(15-21-55)60-46(37)75;1-5(2,3)4/h27-39,41-42,69-70H,9-26,53-57H2,1-8H3,(H,58,80)(H,59,71)(H,60,75)(H,61,72)(H,62,78)(H,63,73)(H,64,81)(H,65,74)(H,66,79)(H,67,77)(H,68,76);(H2,1,2,3,4)/t29?,30-,31-,32+,33+,34+,35+,36+,37+,38+,39-,41+,42+;/m1./s1. The summed E-state index contributed by atoms with van der Waals surface area (Å²) in [5, 5.41) is 49.5. The predicted molar refractivity (Wildman–Crippen MR) is 315 cm³/mol. The van der Waals surface area contributed by atoms with E-state index in [2.05, 4.69) is 65.4 Å². The summed E-state index contributed by atoms with van der Waals surface area (Å²) in [6.45, 7) is 12.5. The number of rotatable bonds is 28. The Hall–Kier alpha value is -6.24. The monoisotopic (exact) mass is 1250 g/mol. The van der Waals surface area contributed by atoms with Crippen LogP contribution in [0.2, 0.25) is 0 Å². The Kier molecular flexibility index (Phi) is 38.8. The fourth-order valence-corrected chi connectivity index (χ4v) is 8.60. The highest BCUT2D eigenvalue weighted by Gasteiger charge is 2.37. The minimum absolute atomic E-state index is 0.0146. The van der Waals surface area contributed by atoms with Gasteiger partial charge in [0.1, 0.15) is 60.4 Å². The van der Waals surface area contributed by atoms with Crippen molar-refractivity contribution in [3.05, 3.63) is 0 Å². The Bertz CT molecular complexity index is 2290. The molecule has 13 atom stereocenters. The molecule has 1 unspecified atom stereocenters. The molecule has 0 aromatic heterocycles. The second kappa shape index (κ2) is 41.8. The van der Waals surface area contributed by atoms with Gasteiger partial charge in [-0.2, -0.15) is 8.42 Å². The number of amides is 11. The number of aliphatic hydroxyl groups is 2. The van der Waals surface area contributed by atoms with Gasteiger partial charge in [-0.1, -0.05) is 54.4 Å². The van der Waals surface area contributed by atoms with Crippen LogP contribution >= 0.6 is 0 Å². The zero-order valence-electron chi connectivity index (χ0n) is 50.8. The Balaban J connectivity index is 0.0000138. The molecule has 0 spiro atoms. The van der Waals surface area contributed by atoms with Crippen LogP contribution in [0.15, 0.2) is 0 Å². The number of nitrogens with one attached hydrogen (secondary N) is 11. The van der Waals surface area contributed by atoms with E-state index >= 15 is 0 Å². The van der Waals surface area contributed by atoms with Crippen LogP contribution in [-0.2, 0) is 63.1 Å². The summed E-state index contributed by atoms with van der Waals surface area (Å²) >= 11 is 0. The van der Waals surface area contributed by atoms with Crippen molar-refractivity contribution in [2.24, 2.45) is 46.4 Å². The first-order valence-corrected chi connectivity index (χ1v) is 30.4. The van der Waals surface area contributed by atoms with Gasteiger partial charge in [-0.05, 0) is 122 Å². The summed E-state index contributed by atoms with van der Waals surface area (Å²) in [4.78, 5) is 153. The van der Waals surface area contributed by atoms with Crippen LogP contribution in [-0.4, -0.2) is 205 Å². The van der Waals surface area contributed by atoms with Crippen molar-refractivity contribution in [3.8, 4) is 0 Å². The van der Waals surface area contributed by atoms with Crippen molar-refractivity contribution < 1.29 is 80.5 Å². The number of carbonyl (C=O) groups is 11. The summed E-state index contributed by atoms with van der Waals surface area (Å²) in [5.74, 6) is -9.60. The molecule has 0 bridgehead atoms. The van der Waals surface area contributed by atoms with Crippen LogP contribution in [0.3, 0.4) is 0 Å². The number of carbonyl (C=O) groups excluding carboxylic acids is 11. The third-order valence-corrected chi connectivity index (χ3v) is 13.4. The molecule has 1 aliphatic rings. The van der Waals surface area contributed by atoms with Crippen LogP contribution in [0, 0.1) is 17.8 Å². The van der Waals surface area contributed by atoms with E-state index in [9.17, 15) is 63.0 Å². The molecule has 1 fully saturated rings. The van der Waals surface area contributed by atoms with Crippen molar-refractivity contribution in [1.82, 2.24) is 58.5 Å². The van der Waals surface area contributed by atoms with Gasteiger partial charge < -0.3 is 97.4 Å². The van der Waals surface area contributed by atoms with Crippen LogP contribution < -0.4 is 87.2 Å². The van der Waals surface area contributed by atoms with Gasteiger partial charge in [0.2, 0.25) is 65.0 Å². The largest absolute Gasteiger partial charge is 0.394 e. The third kappa shape index (κ3) is 32.5. The molecular formula is C52H100N16O17S. The first-order valence-electron chi connectivity index (χ1n) is 29.0. The molecule has 0 saturated carbocycles. The van der Waals surface area contributed by atoms with Gasteiger partial charge >= 0.3 is 10.4 Å². The molecule has 1 aliphatic heterocycles. The SMILES string of the molecule is CCC(C)CCCC(=O)N[C@@H](CCN)C(=O)N[C@H](C(=O)N[C@@H](CCN)C(=O)N[C@H]1CCNC(=O)[C@H]([C@@H](C)O)NC(=O)[C@H](CCN)NC(=O)[C@H](CCN)NC(=O)[C@H](CC(C)C)NC(=O)[C@@H](CC(C)C)NC(=O)[C@H](CCN)NC1=O)[C@@H](C)O.O=S(=O)(O)O. The molecule has 0 aromatic rings. The zero-order valence-corrected chi connectivity index (χ0v) is 51.6. The molecule has 0 aliphatic carbocycles. The topological polar surface area (TPSA) is 565 Å². The first-order chi connectivity index (χ1) is 40.2. The molecule has 0 aromatic carbocycles. The lowest BCUT2D eigenvalue weighted by Gasteiger charge is -2.29.